The Morgan fingerprint density at radius 1 is 1.08 bits per heavy atom. The van der Waals surface area contributed by atoms with Crippen LogP contribution in [0, 0.1) is 0 Å². The first-order valence-corrected chi connectivity index (χ1v) is 9.30. The summed E-state index contributed by atoms with van der Waals surface area (Å²) in [6.07, 6.45) is 1.77. The lowest BCUT2D eigenvalue weighted by molar-refractivity contribution is 0.301. The Labute approximate surface area is 157 Å². The van der Waals surface area contributed by atoms with Gasteiger partial charge in [0.15, 0.2) is 5.96 Å². The largest absolute Gasteiger partial charge is 0.487 e. The van der Waals surface area contributed by atoms with E-state index in [9.17, 15) is 0 Å². The van der Waals surface area contributed by atoms with Crippen molar-refractivity contribution in [2.24, 2.45) is 4.99 Å². The normalized spacial score (nSPS) is 11.2. The Morgan fingerprint density at radius 3 is 2.77 bits per heavy atom. The molecule has 1 aromatic carbocycles. The summed E-state index contributed by atoms with van der Waals surface area (Å²) in [5.74, 6) is 1.61. The average molecular weight is 366 g/mol. The first-order valence-electron chi connectivity index (χ1n) is 8.42. The fourth-order valence-electron chi connectivity index (χ4n) is 2.38. The van der Waals surface area contributed by atoms with Crippen LogP contribution >= 0.6 is 11.3 Å². The van der Waals surface area contributed by atoms with Crippen LogP contribution in [0.5, 0.6) is 5.75 Å². The molecule has 2 heterocycles. The Balaban J connectivity index is 1.49. The Morgan fingerprint density at radius 2 is 2.00 bits per heavy atom. The smallest absolute Gasteiger partial charge is 0.191 e. The molecule has 0 aliphatic heterocycles. The van der Waals surface area contributed by atoms with Gasteiger partial charge in [-0.25, -0.2) is 0 Å². The molecule has 5 nitrogen and oxygen atoms in total. The van der Waals surface area contributed by atoms with Crippen molar-refractivity contribution in [3.8, 4) is 5.75 Å². The minimum absolute atomic E-state index is 0.460. The maximum atomic E-state index is 5.83. The van der Waals surface area contributed by atoms with Crippen molar-refractivity contribution in [2.45, 2.75) is 19.7 Å². The molecule has 6 heteroatoms. The predicted molar refractivity (Wildman–Crippen MR) is 106 cm³/mol. The molecule has 134 valence electrons. The third-order valence-corrected chi connectivity index (χ3v) is 4.58. The summed E-state index contributed by atoms with van der Waals surface area (Å²) in [4.78, 5) is 9.80. The van der Waals surface area contributed by atoms with Crippen LogP contribution in [-0.2, 0) is 19.7 Å². The molecule has 0 aliphatic carbocycles. The highest BCUT2D eigenvalue weighted by atomic mass is 32.1. The number of nitrogens with one attached hydrogen (secondary N) is 2. The zero-order valence-electron chi connectivity index (χ0n) is 14.7. The van der Waals surface area contributed by atoms with Crippen molar-refractivity contribution in [2.75, 3.05) is 7.05 Å². The summed E-state index contributed by atoms with van der Waals surface area (Å²) in [7, 11) is 1.77. The number of benzene rings is 1. The van der Waals surface area contributed by atoms with Crippen molar-refractivity contribution in [1.29, 1.82) is 0 Å². The summed E-state index contributed by atoms with van der Waals surface area (Å²) < 4.78 is 5.83. The van der Waals surface area contributed by atoms with Gasteiger partial charge in [-0.3, -0.25) is 9.98 Å². The molecule has 0 saturated carbocycles. The van der Waals surface area contributed by atoms with Crippen LogP contribution in [-0.4, -0.2) is 18.0 Å². The van der Waals surface area contributed by atoms with E-state index in [4.69, 9.17) is 4.74 Å². The van der Waals surface area contributed by atoms with Gasteiger partial charge in [-0.15, -0.1) is 11.3 Å². The van der Waals surface area contributed by atoms with Crippen molar-refractivity contribution in [3.63, 3.8) is 0 Å². The van der Waals surface area contributed by atoms with Crippen LogP contribution < -0.4 is 15.4 Å². The second-order valence-electron chi connectivity index (χ2n) is 5.62. The standard InChI is InChI=1S/C20H22N4OS/c1-21-20(24-14-19-9-5-11-26-19)23-13-16-6-4-8-18(12-16)25-15-17-7-2-3-10-22-17/h2-12H,13-15H2,1H3,(H2,21,23,24). The highest BCUT2D eigenvalue weighted by Crippen LogP contribution is 2.14. The number of hydrogen-bond acceptors (Lipinski definition) is 4. The lowest BCUT2D eigenvalue weighted by atomic mass is 10.2. The molecule has 2 N–H and O–H groups in total. The van der Waals surface area contributed by atoms with E-state index in [-0.39, 0.29) is 0 Å². The van der Waals surface area contributed by atoms with Gasteiger partial charge in [0.1, 0.15) is 12.4 Å². The summed E-state index contributed by atoms with van der Waals surface area (Å²) >= 11 is 1.73. The number of ether oxygens (including phenoxy) is 1. The minimum atomic E-state index is 0.460. The zero-order valence-corrected chi connectivity index (χ0v) is 15.5. The van der Waals surface area contributed by atoms with Gasteiger partial charge in [-0.1, -0.05) is 24.3 Å². The minimum Gasteiger partial charge on any atom is -0.487 e. The van der Waals surface area contributed by atoms with Crippen molar-refractivity contribution >= 4 is 17.3 Å². The maximum Gasteiger partial charge on any atom is 0.191 e. The topological polar surface area (TPSA) is 58.5 Å². The number of rotatable bonds is 7. The van der Waals surface area contributed by atoms with E-state index in [1.807, 2.05) is 42.5 Å². The predicted octanol–water partition coefficient (Wildman–Crippen LogP) is 3.59. The summed E-state index contributed by atoms with van der Waals surface area (Å²) in [5.41, 5.74) is 2.04. The number of aliphatic imine (C=N–C) groups is 1. The number of pyridine rings is 1. The van der Waals surface area contributed by atoms with Crippen molar-refractivity contribution in [1.82, 2.24) is 15.6 Å². The molecular weight excluding hydrogens is 344 g/mol. The number of nitrogens with zero attached hydrogens (tertiary/aromatic N) is 2. The molecule has 0 radical (unpaired) electrons. The fraction of sp³-hybridized carbons (Fsp3) is 0.200. The van der Waals surface area contributed by atoms with Gasteiger partial charge in [0, 0.05) is 24.7 Å². The number of guanidine groups is 1. The van der Waals surface area contributed by atoms with Crippen molar-refractivity contribution in [3.05, 3.63) is 82.3 Å². The lowest BCUT2D eigenvalue weighted by Crippen LogP contribution is -2.36. The van der Waals surface area contributed by atoms with Crippen LogP contribution in [0.2, 0.25) is 0 Å². The van der Waals surface area contributed by atoms with E-state index in [0.29, 0.717) is 13.2 Å². The van der Waals surface area contributed by atoms with E-state index in [2.05, 4.69) is 38.1 Å². The summed E-state index contributed by atoms with van der Waals surface area (Å²) in [5, 5.41) is 8.71. The third kappa shape index (κ3) is 5.60. The number of hydrogen-bond donors (Lipinski definition) is 2. The fourth-order valence-corrected chi connectivity index (χ4v) is 3.02. The number of aromatic nitrogens is 1. The molecule has 0 spiro atoms. The molecule has 0 atom stereocenters. The quantitative estimate of drug-likeness (QED) is 0.496. The third-order valence-electron chi connectivity index (χ3n) is 3.71. The van der Waals surface area contributed by atoms with Crippen LogP contribution in [0.3, 0.4) is 0 Å². The van der Waals surface area contributed by atoms with E-state index >= 15 is 0 Å². The van der Waals surface area contributed by atoms with Crippen LogP contribution in [0.4, 0.5) is 0 Å². The van der Waals surface area contributed by atoms with Gasteiger partial charge in [0.05, 0.1) is 12.2 Å². The monoisotopic (exact) mass is 366 g/mol. The van der Waals surface area contributed by atoms with E-state index in [0.717, 1.165) is 29.5 Å². The van der Waals surface area contributed by atoms with Gasteiger partial charge in [-0.2, -0.15) is 0 Å². The maximum absolute atomic E-state index is 5.83. The molecule has 2 aromatic heterocycles. The van der Waals surface area contributed by atoms with Crippen LogP contribution in [0.1, 0.15) is 16.1 Å². The molecule has 0 unspecified atom stereocenters. The molecule has 0 aliphatic rings. The Hall–Kier alpha value is -2.86. The van der Waals surface area contributed by atoms with Crippen LogP contribution in [0.15, 0.2) is 71.2 Å². The second-order valence-corrected chi connectivity index (χ2v) is 6.65. The molecule has 3 aromatic rings. The molecule has 0 amide bonds. The molecule has 0 saturated heterocycles. The molecule has 26 heavy (non-hydrogen) atoms. The first-order chi connectivity index (χ1) is 12.8. The van der Waals surface area contributed by atoms with E-state index < -0.39 is 0 Å². The van der Waals surface area contributed by atoms with Gasteiger partial charge in [0.2, 0.25) is 0 Å². The lowest BCUT2D eigenvalue weighted by Gasteiger charge is -2.12. The van der Waals surface area contributed by atoms with Gasteiger partial charge < -0.3 is 15.4 Å². The molecule has 0 bridgehead atoms. The highest BCUT2D eigenvalue weighted by Gasteiger charge is 2.02. The summed E-state index contributed by atoms with van der Waals surface area (Å²) in [6.45, 7) is 1.90. The zero-order chi connectivity index (χ0) is 18.0. The Bertz CT molecular complexity index is 819. The van der Waals surface area contributed by atoms with Gasteiger partial charge in [0.25, 0.3) is 0 Å². The first kappa shape index (κ1) is 17.9. The van der Waals surface area contributed by atoms with E-state index in [1.54, 1.807) is 24.6 Å². The molecule has 0 fully saturated rings. The second kappa shape index (κ2) is 9.58. The molecule has 3 rings (SSSR count). The molecular formula is C20H22N4OS. The van der Waals surface area contributed by atoms with Crippen molar-refractivity contribution < 1.29 is 4.74 Å². The summed E-state index contributed by atoms with van der Waals surface area (Å²) in [6, 6.07) is 18.0. The highest BCUT2D eigenvalue weighted by molar-refractivity contribution is 7.09. The van der Waals surface area contributed by atoms with E-state index in [1.165, 1.54) is 4.88 Å². The van der Waals surface area contributed by atoms with Gasteiger partial charge >= 0.3 is 0 Å². The average Bonchev–Trinajstić information content (AvgIpc) is 3.21. The SMILES string of the molecule is CN=C(NCc1cccc(OCc2ccccn2)c1)NCc1cccs1. The van der Waals surface area contributed by atoms with Crippen LogP contribution in [0.25, 0.3) is 0 Å². The van der Waals surface area contributed by atoms with Gasteiger partial charge in [-0.05, 0) is 41.3 Å². The number of thiophene rings is 1. The Kier molecular flexibility index (Phi) is 6.61.